The summed E-state index contributed by atoms with van der Waals surface area (Å²) in [5.74, 6) is 0. The second-order valence-electron chi connectivity index (χ2n) is 4.95. The van der Waals surface area contributed by atoms with Gasteiger partial charge in [-0.15, -0.1) is 0 Å². The molecule has 22 heavy (non-hydrogen) atoms. The number of aryl methyl sites for hydroxylation is 1. The largest absolute Gasteiger partial charge is 0.350 e. The van der Waals surface area contributed by atoms with Crippen LogP contribution in [0.3, 0.4) is 0 Å². The van der Waals surface area contributed by atoms with Crippen LogP contribution in [0, 0.1) is 10.1 Å². The molecule has 3 aromatic rings. The van der Waals surface area contributed by atoms with E-state index >= 15 is 0 Å². The van der Waals surface area contributed by atoms with Crippen LogP contribution in [0.4, 0.5) is 5.69 Å². The number of hydrogen-bond acceptors (Lipinski definition) is 3. The molecule has 0 aliphatic carbocycles. The summed E-state index contributed by atoms with van der Waals surface area (Å²) in [7, 11) is 1.79. The first kappa shape index (κ1) is 14.3. The van der Waals surface area contributed by atoms with Gasteiger partial charge in [-0.25, -0.2) is 0 Å². The summed E-state index contributed by atoms with van der Waals surface area (Å²) in [6.07, 6.45) is 1.71. The summed E-state index contributed by atoms with van der Waals surface area (Å²) >= 11 is 5.97. The molecule has 0 bridgehead atoms. The van der Waals surface area contributed by atoms with Crippen LogP contribution in [-0.4, -0.2) is 9.49 Å². The topological polar surface area (TPSA) is 65.1 Å². The van der Waals surface area contributed by atoms with Gasteiger partial charge >= 0.3 is 0 Å². The summed E-state index contributed by atoms with van der Waals surface area (Å²) in [4.78, 5) is 23.1. The molecule has 1 heterocycles. The summed E-state index contributed by atoms with van der Waals surface area (Å²) in [5.41, 5.74) is 1.42. The van der Waals surface area contributed by atoms with Gasteiger partial charge in [-0.1, -0.05) is 23.7 Å². The first-order valence-electron chi connectivity index (χ1n) is 6.51. The number of nitro groups is 1. The van der Waals surface area contributed by atoms with Crippen LogP contribution in [0.2, 0.25) is 5.02 Å². The minimum Gasteiger partial charge on any atom is -0.350 e. The van der Waals surface area contributed by atoms with Crippen molar-refractivity contribution in [3.63, 3.8) is 0 Å². The fraction of sp³-hybridized carbons (Fsp3) is 0.0625. The molecular formula is C16H11ClN2O3. The highest BCUT2D eigenvalue weighted by Crippen LogP contribution is 2.24. The van der Waals surface area contributed by atoms with Crippen LogP contribution in [0.15, 0.2) is 53.5 Å². The molecule has 0 radical (unpaired) electrons. The van der Waals surface area contributed by atoms with Crippen molar-refractivity contribution in [1.29, 1.82) is 0 Å². The lowest BCUT2D eigenvalue weighted by Crippen LogP contribution is -2.10. The molecule has 0 atom stereocenters. The number of nitrogens with zero attached hydrogens (tertiary/aromatic N) is 2. The minimum absolute atomic E-state index is 0.104. The molecular weight excluding hydrogens is 304 g/mol. The van der Waals surface area contributed by atoms with Crippen molar-refractivity contribution >= 4 is 28.2 Å². The number of aromatic nitrogens is 1. The molecule has 110 valence electrons. The molecule has 5 nitrogen and oxygen atoms in total. The van der Waals surface area contributed by atoms with Gasteiger partial charge < -0.3 is 4.57 Å². The Morgan fingerprint density at radius 3 is 2.64 bits per heavy atom. The average molecular weight is 315 g/mol. The van der Waals surface area contributed by atoms with E-state index in [2.05, 4.69) is 0 Å². The van der Waals surface area contributed by atoms with Crippen LogP contribution in [0.25, 0.3) is 22.0 Å². The Bertz CT molecular complexity index is 963. The fourth-order valence-corrected chi connectivity index (χ4v) is 2.65. The average Bonchev–Trinajstić information content (AvgIpc) is 2.50. The molecule has 0 fully saturated rings. The van der Waals surface area contributed by atoms with Gasteiger partial charge in [-0.05, 0) is 23.8 Å². The van der Waals surface area contributed by atoms with Gasteiger partial charge in [0.15, 0.2) is 5.43 Å². The Hall–Kier alpha value is -2.66. The minimum atomic E-state index is -0.509. The number of halogens is 1. The fourth-order valence-electron chi connectivity index (χ4n) is 2.46. The standard InChI is InChI=1S/C16H11ClN2O3/c1-18-9-14(10-3-2-4-11(17)7-10)16(20)13-8-12(19(21)22)5-6-15(13)18/h2-9H,1H3. The monoisotopic (exact) mass is 314 g/mol. The van der Waals surface area contributed by atoms with Crippen LogP contribution >= 0.6 is 11.6 Å². The molecule has 3 rings (SSSR count). The van der Waals surface area contributed by atoms with Crippen molar-refractivity contribution in [3.8, 4) is 11.1 Å². The second-order valence-corrected chi connectivity index (χ2v) is 5.39. The summed E-state index contributed by atoms with van der Waals surface area (Å²) < 4.78 is 1.77. The molecule has 2 aromatic carbocycles. The van der Waals surface area contributed by atoms with Gasteiger partial charge in [-0.2, -0.15) is 0 Å². The number of fused-ring (bicyclic) bond motifs is 1. The van der Waals surface area contributed by atoms with E-state index < -0.39 is 4.92 Å². The van der Waals surface area contributed by atoms with E-state index in [-0.39, 0.29) is 11.1 Å². The highest BCUT2D eigenvalue weighted by atomic mass is 35.5. The van der Waals surface area contributed by atoms with E-state index in [1.807, 2.05) is 0 Å². The van der Waals surface area contributed by atoms with E-state index in [9.17, 15) is 14.9 Å². The van der Waals surface area contributed by atoms with Gasteiger partial charge in [0.1, 0.15) is 0 Å². The third-order valence-electron chi connectivity index (χ3n) is 3.52. The molecule has 0 saturated heterocycles. The zero-order valence-electron chi connectivity index (χ0n) is 11.6. The third-order valence-corrected chi connectivity index (χ3v) is 3.75. The summed E-state index contributed by atoms with van der Waals surface area (Å²) in [6.45, 7) is 0. The Kier molecular flexibility index (Phi) is 3.42. The molecule has 0 aliphatic rings. The van der Waals surface area contributed by atoms with Crippen LogP contribution < -0.4 is 5.43 Å². The predicted octanol–water partition coefficient (Wildman–Crippen LogP) is 3.77. The molecule has 0 N–H and O–H groups in total. The van der Waals surface area contributed by atoms with Crippen LogP contribution in [-0.2, 0) is 7.05 Å². The second kappa shape index (κ2) is 5.27. The SMILES string of the molecule is Cn1cc(-c2cccc(Cl)c2)c(=O)c2cc([N+](=O)[O-])ccc21. The zero-order chi connectivity index (χ0) is 15.9. The lowest BCUT2D eigenvalue weighted by Gasteiger charge is -2.09. The molecule has 0 amide bonds. The number of hydrogen-bond donors (Lipinski definition) is 0. The maximum Gasteiger partial charge on any atom is 0.270 e. The number of rotatable bonds is 2. The van der Waals surface area contributed by atoms with Gasteiger partial charge in [0, 0.05) is 36.0 Å². The van der Waals surface area contributed by atoms with Gasteiger partial charge in [0.25, 0.3) is 5.69 Å². The maximum absolute atomic E-state index is 12.7. The maximum atomic E-state index is 12.7. The number of non-ortho nitro benzene ring substituents is 1. The van der Waals surface area contributed by atoms with E-state index in [0.717, 1.165) is 0 Å². The number of nitro benzene ring substituents is 1. The molecule has 0 unspecified atom stereocenters. The van der Waals surface area contributed by atoms with Gasteiger partial charge in [0.2, 0.25) is 0 Å². The van der Waals surface area contributed by atoms with Crippen molar-refractivity contribution < 1.29 is 4.92 Å². The Morgan fingerprint density at radius 1 is 1.18 bits per heavy atom. The van der Waals surface area contributed by atoms with Gasteiger partial charge in [-0.3, -0.25) is 14.9 Å². The lowest BCUT2D eigenvalue weighted by atomic mass is 10.0. The first-order valence-corrected chi connectivity index (χ1v) is 6.89. The number of pyridine rings is 1. The molecule has 0 spiro atoms. The molecule has 1 aromatic heterocycles. The number of benzene rings is 2. The van der Waals surface area contributed by atoms with E-state index in [1.54, 1.807) is 48.1 Å². The van der Waals surface area contributed by atoms with E-state index in [1.165, 1.54) is 12.1 Å². The summed E-state index contributed by atoms with van der Waals surface area (Å²) in [6, 6.07) is 11.2. The van der Waals surface area contributed by atoms with Crippen molar-refractivity contribution in [2.75, 3.05) is 0 Å². The smallest absolute Gasteiger partial charge is 0.270 e. The van der Waals surface area contributed by atoms with Crippen molar-refractivity contribution in [1.82, 2.24) is 4.57 Å². The van der Waals surface area contributed by atoms with Crippen LogP contribution in [0.5, 0.6) is 0 Å². The zero-order valence-corrected chi connectivity index (χ0v) is 12.4. The Morgan fingerprint density at radius 2 is 1.95 bits per heavy atom. The van der Waals surface area contributed by atoms with Crippen molar-refractivity contribution in [2.24, 2.45) is 7.05 Å². The lowest BCUT2D eigenvalue weighted by molar-refractivity contribution is -0.384. The normalized spacial score (nSPS) is 10.8. The molecule has 0 saturated carbocycles. The summed E-state index contributed by atoms with van der Waals surface area (Å²) in [5, 5.41) is 11.8. The predicted molar refractivity (Wildman–Crippen MR) is 86.3 cm³/mol. The molecule has 6 heteroatoms. The van der Waals surface area contributed by atoms with Crippen molar-refractivity contribution in [2.45, 2.75) is 0 Å². The first-order chi connectivity index (χ1) is 10.5. The van der Waals surface area contributed by atoms with Crippen molar-refractivity contribution in [3.05, 3.63) is 74.0 Å². The highest BCUT2D eigenvalue weighted by molar-refractivity contribution is 6.30. The molecule has 0 aliphatic heterocycles. The third kappa shape index (κ3) is 2.35. The quantitative estimate of drug-likeness (QED) is 0.534. The Balaban J connectivity index is 2.36. The highest BCUT2D eigenvalue weighted by Gasteiger charge is 2.13. The van der Waals surface area contributed by atoms with E-state index in [0.29, 0.717) is 27.1 Å². The Labute approximate surface area is 130 Å². The van der Waals surface area contributed by atoms with E-state index in [4.69, 9.17) is 11.6 Å². The van der Waals surface area contributed by atoms with Crippen LogP contribution in [0.1, 0.15) is 0 Å². The van der Waals surface area contributed by atoms with Gasteiger partial charge in [0.05, 0.1) is 15.8 Å².